The maximum Gasteiger partial charge on any atom is 0.409 e. The number of nitrogens with one attached hydrogen (secondary N) is 1. The van der Waals surface area contributed by atoms with Crippen LogP contribution in [0.25, 0.3) is 0 Å². The summed E-state index contributed by atoms with van der Waals surface area (Å²) in [4.78, 5) is 22.2. The normalized spacial score (nSPS) is 20.5. The van der Waals surface area contributed by atoms with Crippen molar-refractivity contribution in [2.24, 2.45) is 16.6 Å². The fourth-order valence-electron chi connectivity index (χ4n) is 4.07. The highest BCUT2D eigenvalue weighted by molar-refractivity contribution is 14.0. The number of carbonyl (C=O) groups is 1. The summed E-state index contributed by atoms with van der Waals surface area (Å²) in [6, 6.07) is 4.87. The molecule has 0 bridgehead atoms. The quantitative estimate of drug-likeness (QED) is 0.322. The number of likely N-dealkylation sites (tertiary alicyclic amines) is 2. The summed E-state index contributed by atoms with van der Waals surface area (Å²) in [5.74, 6) is 1.32. The zero-order chi connectivity index (χ0) is 20.6. The number of carbonyl (C=O) groups excluding carboxylic acids is 1. The molecule has 3 N–H and O–H groups in total. The second kappa shape index (κ2) is 12.7. The Balaban J connectivity index is 0.00000320. The summed E-state index contributed by atoms with van der Waals surface area (Å²) < 4.78 is 5.08. The van der Waals surface area contributed by atoms with Crippen LogP contribution >= 0.6 is 35.3 Å². The van der Waals surface area contributed by atoms with Gasteiger partial charge in [-0.2, -0.15) is 0 Å². The smallest absolute Gasteiger partial charge is 0.409 e. The second-order valence-corrected chi connectivity index (χ2v) is 9.06. The predicted molar refractivity (Wildman–Crippen MR) is 134 cm³/mol. The number of rotatable bonds is 6. The monoisotopic (exact) mass is 549 g/mol. The molecule has 9 heteroatoms. The van der Waals surface area contributed by atoms with Crippen LogP contribution in [0.15, 0.2) is 22.5 Å². The Morgan fingerprint density at radius 1 is 1.30 bits per heavy atom. The number of hydrogen-bond donors (Lipinski definition) is 2. The molecule has 1 aromatic heterocycles. The summed E-state index contributed by atoms with van der Waals surface area (Å²) in [6.07, 6.45) is 3.99. The van der Waals surface area contributed by atoms with E-state index in [0.29, 0.717) is 38.2 Å². The van der Waals surface area contributed by atoms with Crippen molar-refractivity contribution < 1.29 is 9.53 Å². The fraction of sp³-hybridized carbons (Fsp3) is 0.714. The first-order chi connectivity index (χ1) is 14.1. The van der Waals surface area contributed by atoms with E-state index in [2.05, 4.69) is 34.7 Å². The lowest BCUT2D eigenvalue weighted by Gasteiger charge is -2.36. The highest BCUT2D eigenvalue weighted by Gasteiger charge is 2.26. The van der Waals surface area contributed by atoms with Crippen LogP contribution in [-0.4, -0.2) is 67.2 Å². The molecule has 2 aliphatic heterocycles. The van der Waals surface area contributed by atoms with Crippen LogP contribution in [0.4, 0.5) is 4.79 Å². The molecule has 2 fully saturated rings. The number of hydrogen-bond acceptors (Lipinski definition) is 5. The second-order valence-electron chi connectivity index (χ2n) is 8.08. The molecule has 30 heavy (non-hydrogen) atoms. The molecular weight excluding hydrogens is 513 g/mol. The number of piperidine rings is 2. The molecule has 2 saturated heterocycles. The fourth-order valence-corrected chi connectivity index (χ4v) is 4.92. The van der Waals surface area contributed by atoms with Crippen molar-refractivity contribution in [3.8, 4) is 0 Å². The predicted octanol–water partition coefficient (Wildman–Crippen LogP) is 3.66. The number of guanidine groups is 1. The number of amides is 1. The number of nitrogens with two attached hydrogens (primary N) is 1. The van der Waals surface area contributed by atoms with Gasteiger partial charge in [-0.05, 0) is 63.1 Å². The van der Waals surface area contributed by atoms with Gasteiger partial charge in [-0.1, -0.05) is 13.0 Å². The molecule has 3 heterocycles. The van der Waals surface area contributed by atoms with Crippen molar-refractivity contribution in [3.05, 3.63) is 22.4 Å². The van der Waals surface area contributed by atoms with Gasteiger partial charge in [-0.15, -0.1) is 35.3 Å². The minimum Gasteiger partial charge on any atom is -0.450 e. The maximum atomic E-state index is 11.8. The Hall–Kier alpha value is -1.07. The molecular formula is C21H36IN5O2S. The standard InChI is InChI=1S/C21H35N5O2S.HI/c1-3-28-21(27)26-12-8-17(9-13-26)24-20(22)23-15-18(19-5-4-14-29-19)25-10-6-16(2)7-11-25;/h4-5,14,16-18H,3,6-13,15H2,1-2H3,(H3,22,23,24);1H. The highest BCUT2D eigenvalue weighted by Crippen LogP contribution is 2.29. The summed E-state index contributed by atoms with van der Waals surface area (Å²) >= 11 is 1.80. The van der Waals surface area contributed by atoms with Crippen LogP contribution in [0, 0.1) is 5.92 Å². The summed E-state index contributed by atoms with van der Waals surface area (Å²) in [5, 5.41) is 5.49. The largest absolute Gasteiger partial charge is 0.450 e. The van der Waals surface area contributed by atoms with Gasteiger partial charge in [0.1, 0.15) is 0 Å². The van der Waals surface area contributed by atoms with Crippen molar-refractivity contribution in [2.75, 3.05) is 39.3 Å². The number of nitrogens with zero attached hydrogens (tertiary/aromatic N) is 3. The lowest BCUT2D eigenvalue weighted by molar-refractivity contribution is 0.0963. The Morgan fingerprint density at radius 2 is 2.00 bits per heavy atom. The zero-order valence-electron chi connectivity index (χ0n) is 18.1. The van der Waals surface area contributed by atoms with Gasteiger partial charge >= 0.3 is 6.09 Å². The van der Waals surface area contributed by atoms with E-state index in [-0.39, 0.29) is 36.1 Å². The number of thiophene rings is 1. The van der Waals surface area contributed by atoms with E-state index in [1.165, 1.54) is 17.7 Å². The van der Waals surface area contributed by atoms with Crippen LogP contribution in [-0.2, 0) is 4.74 Å². The molecule has 0 radical (unpaired) electrons. The van der Waals surface area contributed by atoms with Crippen molar-refractivity contribution in [1.29, 1.82) is 0 Å². The van der Waals surface area contributed by atoms with Gasteiger partial charge in [0.2, 0.25) is 0 Å². The third kappa shape index (κ3) is 7.26. The van der Waals surface area contributed by atoms with Gasteiger partial charge in [0.15, 0.2) is 5.96 Å². The molecule has 7 nitrogen and oxygen atoms in total. The first-order valence-corrected chi connectivity index (χ1v) is 11.7. The van der Waals surface area contributed by atoms with Crippen LogP contribution in [0.3, 0.4) is 0 Å². The van der Waals surface area contributed by atoms with E-state index in [1.807, 2.05) is 6.92 Å². The minimum atomic E-state index is -0.220. The van der Waals surface area contributed by atoms with Crippen molar-refractivity contribution >= 4 is 47.4 Å². The molecule has 170 valence electrons. The van der Waals surface area contributed by atoms with Crippen LogP contribution in [0.2, 0.25) is 0 Å². The van der Waals surface area contributed by atoms with Gasteiger partial charge in [-0.25, -0.2) is 4.79 Å². The van der Waals surface area contributed by atoms with Gasteiger partial charge < -0.3 is 20.7 Å². The molecule has 3 rings (SSSR count). The van der Waals surface area contributed by atoms with Gasteiger partial charge in [0.25, 0.3) is 0 Å². The van der Waals surface area contributed by atoms with Crippen LogP contribution in [0.5, 0.6) is 0 Å². The van der Waals surface area contributed by atoms with Crippen LogP contribution in [0.1, 0.15) is 50.4 Å². The summed E-state index contributed by atoms with van der Waals surface area (Å²) in [6.45, 7) is 8.88. The first kappa shape index (κ1) is 25.2. The van der Waals surface area contributed by atoms with E-state index >= 15 is 0 Å². The van der Waals surface area contributed by atoms with Gasteiger partial charge in [0, 0.05) is 24.0 Å². The molecule has 0 aliphatic carbocycles. The first-order valence-electron chi connectivity index (χ1n) is 10.8. The average molecular weight is 550 g/mol. The molecule has 1 aromatic rings. The highest BCUT2D eigenvalue weighted by atomic mass is 127. The summed E-state index contributed by atoms with van der Waals surface area (Å²) in [7, 11) is 0. The number of halogens is 1. The zero-order valence-corrected chi connectivity index (χ0v) is 21.2. The van der Waals surface area contributed by atoms with Gasteiger partial charge in [-0.3, -0.25) is 9.89 Å². The van der Waals surface area contributed by atoms with Gasteiger partial charge in [0.05, 0.1) is 19.2 Å². The third-order valence-corrected chi connectivity index (χ3v) is 6.91. The molecule has 1 unspecified atom stereocenters. The van der Waals surface area contributed by atoms with E-state index in [9.17, 15) is 4.79 Å². The van der Waals surface area contributed by atoms with Crippen molar-refractivity contribution in [2.45, 2.75) is 51.6 Å². The minimum absolute atomic E-state index is 0. The topological polar surface area (TPSA) is 83.2 Å². The van der Waals surface area contributed by atoms with Crippen molar-refractivity contribution in [1.82, 2.24) is 15.1 Å². The maximum absolute atomic E-state index is 11.8. The lowest BCUT2D eigenvalue weighted by atomic mass is 9.97. The molecule has 2 aliphatic rings. The van der Waals surface area contributed by atoms with Crippen molar-refractivity contribution in [3.63, 3.8) is 0 Å². The number of ether oxygens (including phenoxy) is 1. The lowest BCUT2D eigenvalue weighted by Crippen LogP contribution is -2.48. The molecule has 0 aromatic carbocycles. The van der Waals surface area contributed by atoms with E-state index in [1.54, 1.807) is 16.2 Å². The SMILES string of the molecule is CCOC(=O)N1CCC(NC(N)=NCC(c2cccs2)N2CCC(C)CC2)CC1.I. The average Bonchev–Trinajstić information content (AvgIpc) is 3.25. The van der Waals surface area contributed by atoms with E-state index in [0.717, 1.165) is 31.8 Å². The molecule has 0 saturated carbocycles. The Kier molecular flexibility index (Phi) is 10.7. The van der Waals surface area contributed by atoms with Crippen LogP contribution < -0.4 is 11.1 Å². The third-order valence-electron chi connectivity index (χ3n) is 5.94. The Labute approximate surface area is 201 Å². The molecule has 1 atom stereocenters. The molecule has 0 spiro atoms. The van der Waals surface area contributed by atoms with E-state index in [4.69, 9.17) is 15.5 Å². The Morgan fingerprint density at radius 3 is 2.60 bits per heavy atom. The number of aliphatic imine (C=N–C) groups is 1. The summed E-state index contributed by atoms with van der Waals surface area (Å²) in [5.41, 5.74) is 6.22. The Bertz CT molecular complexity index is 656. The van der Waals surface area contributed by atoms with E-state index < -0.39 is 0 Å². The molecule has 1 amide bonds.